The standard InChI is InChI=1S/C13H21N3O/c1-5-16(4)13(17)12(15(2)3)10-11-6-8-14-9-7-11/h6-9,12H,5,10H2,1-4H3. The minimum absolute atomic E-state index is 0.109. The van der Waals surface area contributed by atoms with Crippen molar-refractivity contribution in [3.63, 3.8) is 0 Å². The molecule has 4 heteroatoms. The number of amides is 1. The van der Waals surface area contributed by atoms with Crippen molar-refractivity contribution in [1.29, 1.82) is 0 Å². The number of hydrogen-bond acceptors (Lipinski definition) is 3. The van der Waals surface area contributed by atoms with Crippen LogP contribution in [-0.4, -0.2) is 54.4 Å². The fourth-order valence-electron chi connectivity index (χ4n) is 1.64. The zero-order valence-corrected chi connectivity index (χ0v) is 11.1. The molecule has 0 saturated heterocycles. The Morgan fingerprint density at radius 1 is 1.29 bits per heavy atom. The van der Waals surface area contributed by atoms with Crippen molar-refractivity contribution >= 4 is 5.91 Å². The zero-order chi connectivity index (χ0) is 12.8. The normalized spacial score (nSPS) is 12.5. The highest BCUT2D eigenvalue weighted by atomic mass is 16.2. The van der Waals surface area contributed by atoms with E-state index >= 15 is 0 Å². The second-order valence-corrected chi connectivity index (χ2v) is 4.39. The smallest absolute Gasteiger partial charge is 0.239 e. The fourth-order valence-corrected chi connectivity index (χ4v) is 1.64. The van der Waals surface area contributed by atoms with Crippen LogP contribution in [0, 0.1) is 0 Å². The van der Waals surface area contributed by atoms with Gasteiger partial charge in [0.15, 0.2) is 0 Å². The summed E-state index contributed by atoms with van der Waals surface area (Å²) < 4.78 is 0. The van der Waals surface area contributed by atoms with Crippen LogP contribution < -0.4 is 0 Å². The van der Waals surface area contributed by atoms with Gasteiger partial charge in [0, 0.05) is 26.0 Å². The molecule has 1 heterocycles. The number of carbonyl (C=O) groups excluding carboxylic acids is 1. The van der Waals surface area contributed by atoms with Gasteiger partial charge in [-0.2, -0.15) is 0 Å². The Bertz CT molecular complexity index is 351. The van der Waals surface area contributed by atoms with Crippen molar-refractivity contribution in [2.45, 2.75) is 19.4 Å². The van der Waals surface area contributed by atoms with Crippen LogP contribution in [0.15, 0.2) is 24.5 Å². The average molecular weight is 235 g/mol. The van der Waals surface area contributed by atoms with Gasteiger partial charge in [0.2, 0.25) is 5.91 Å². The van der Waals surface area contributed by atoms with Gasteiger partial charge in [-0.1, -0.05) is 0 Å². The van der Waals surface area contributed by atoms with Crippen molar-refractivity contribution in [1.82, 2.24) is 14.8 Å². The van der Waals surface area contributed by atoms with E-state index in [0.29, 0.717) is 0 Å². The van der Waals surface area contributed by atoms with E-state index in [1.807, 2.05) is 45.1 Å². The molecule has 0 fully saturated rings. The molecule has 0 spiro atoms. The van der Waals surface area contributed by atoms with Crippen LogP contribution in [0.5, 0.6) is 0 Å². The minimum atomic E-state index is -0.109. The maximum Gasteiger partial charge on any atom is 0.239 e. The lowest BCUT2D eigenvalue weighted by atomic mass is 10.1. The van der Waals surface area contributed by atoms with Crippen LogP contribution in [0.1, 0.15) is 12.5 Å². The van der Waals surface area contributed by atoms with E-state index in [9.17, 15) is 4.79 Å². The van der Waals surface area contributed by atoms with Gasteiger partial charge in [0.05, 0.1) is 6.04 Å². The Hall–Kier alpha value is -1.42. The van der Waals surface area contributed by atoms with Crippen LogP contribution in [-0.2, 0) is 11.2 Å². The van der Waals surface area contributed by atoms with Crippen LogP contribution in [0.4, 0.5) is 0 Å². The predicted octanol–water partition coefficient (Wildman–Crippen LogP) is 1.03. The van der Waals surface area contributed by atoms with Crippen molar-refractivity contribution in [2.24, 2.45) is 0 Å². The second kappa shape index (κ2) is 6.35. The molecule has 1 amide bonds. The Kier molecular flexibility index (Phi) is 5.10. The average Bonchev–Trinajstić information content (AvgIpc) is 2.35. The van der Waals surface area contributed by atoms with Crippen molar-refractivity contribution < 1.29 is 4.79 Å². The summed E-state index contributed by atoms with van der Waals surface area (Å²) in [5.74, 6) is 0.161. The molecule has 1 atom stereocenters. The maximum absolute atomic E-state index is 12.2. The number of likely N-dealkylation sites (N-methyl/N-ethyl adjacent to an activating group) is 2. The van der Waals surface area contributed by atoms with Crippen LogP contribution in [0.3, 0.4) is 0 Å². The molecular weight excluding hydrogens is 214 g/mol. The van der Waals surface area contributed by atoms with Gasteiger partial charge in [0.1, 0.15) is 0 Å². The minimum Gasteiger partial charge on any atom is -0.345 e. The predicted molar refractivity (Wildman–Crippen MR) is 68.7 cm³/mol. The van der Waals surface area contributed by atoms with Gasteiger partial charge in [-0.15, -0.1) is 0 Å². The molecule has 1 unspecified atom stereocenters. The van der Waals surface area contributed by atoms with E-state index in [2.05, 4.69) is 4.98 Å². The lowest BCUT2D eigenvalue weighted by molar-refractivity contribution is -0.134. The molecule has 0 bridgehead atoms. The van der Waals surface area contributed by atoms with Crippen molar-refractivity contribution in [2.75, 3.05) is 27.7 Å². The highest BCUT2D eigenvalue weighted by Crippen LogP contribution is 2.08. The quantitative estimate of drug-likeness (QED) is 0.765. The summed E-state index contributed by atoms with van der Waals surface area (Å²) in [6, 6.07) is 3.80. The van der Waals surface area contributed by atoms with E-state index in [-0.39, 0.29) is 11.9 Å². The molecule has 0 aromatic carbocycles. The number of carbonyl (C=O) groups is 1. The van der Waals surface area contributed by atoms with Gasteiger partial charge in [0.25, 0.3) is 0 Å². The molecule has 0 aliphatic carbocycles. The Balaban J connectivity index is 2.77. The number of pyridine rings is 1. The first-order chi connectivity index (χ1) is 8.06. The molecule has 0 aliphatic heterocycles. The summed E-state index contributed by atoms with van der Waals surface area (Å²) in [4.78, 5) is 19.9. The molecule has 0 aliphatic rings. The Labute approximate surface area is 103 Å². The van der Waals surface area contributed by atoms with E-state index in [1.54, 1.807) is 17.3 Å². The SMILES string of the molecule is CCN(C)C(=O)C(Cc1ccncc1)N(C)C. The first-order valence-electron chi connectivity index (χ1n) is 5.86. The van der Waals surface area contributed by atoms with Gasteiger partial charge in [-0.05, 0) is 45.1 Å². The molecule has 94 valence electrons. The molecule has 1 rings (SSSR count). The number of hydrogen-bond donors (Lipinski definition) is 0. The van der Waals surface area contributed by atoms with Crippen molar-refractivity contribution in [3.05, 3.63) is 30.1 Å². The highest BCUT2D eigenvalue weighted by molar-refractivity contribution is 5.81. The molecule has 0 saturated carbocycles. The van der Waals surface area contributed by atoms with Crippen LogP contribution in [0.25, 0.3) is 0 Å². The summed E-state index contributed by atoms with van der Waals surface area (Å²) in [7, 11) is 5.71. The zero-order valence-electron chi connectivity index (χ0n) is 11.1. The lowest BCUT2D eigenvalue weighted by Gasteiger charge is -2.27. The first-order valence-corrected chi connectivity index (χ1v) is 5.86. The van der Waals surface area contributed by atoms with Crippen LogP contribution >= 0.6 is 0 Å². The Morgan fingerprint density at radius 3 is 2.35 bits per heavy atom. The molecule has 1 aromatic rings. The largest absolute Gasteiger partial charge is 0.345 e. The molecular formula is C13H21N3O. The lowest BCUT2D eigenvalue weighted by Crippen LogP contribution is -2.45. The van der Waals surface area contributed by atoms with Crippen LogP contribution in [0.2, 0.25) is 0 Å². The topological polar surface area (TPSA) is 36.4 Å². The molecule has 1 aromatic heterocycles. The van der Waals surface area contributed by atoms with Gasteiger partial charge < -0.3 is 4.90 Å². The molecule has 0 radical (unpaired) electrons. The summed E-state index contributed by atoms with van der Waals surface area (Å²) in [5, 5.41) is 0. The summed E-state index contributed by atoms with van der Waals surface area (Å²) >= 11 is 0. The number of aromatic nitrogens is 1. The monoisotopic (exact) mass is 235 g/mol. The van der Waals surface area contributed by atoms with E-state index < -0.39 is 0 Å². The summed E-state index contributed by atoms with van der Waals surface area (Å²) in [6.45, 7) is 2.72. The van der Waals surface area contributed by atoms with Crippen molar-refractivity contribution in [3.8, 4) is 0 Å². The van der Waals surface area contributed by atoms with E-state index in [4.69, 9.17) is 0 Å². The number of rotatable bonds is 5. The third-order valence-electron chi connectivity index (χ3n) is 2.94. The molecule has 4 nitrogen and oxygen atoms in total. The van der Waals surface area contributed by atoms with E-state index in [1.165, 1.54) is 0 Å². The van der Waals surface area contributed by atoms with E-state index in [0.717, 1.165) is 18.5 Å². The Morgan fingerprint density at radius 2 is 1.88 bits per heavy atom. The molecule has 17 heavy (non-hydrogen) atoms. The second-order valence-electron chi connectivity index (χ2n) is 4.39. The summed E-state index contributed by atoms with van der Waals surface area (Å²) in [5.41, 5.74) is 1.14. The third kappa shape index (κ3) is 3.82. The number of nitrogens with zero attached hydrogens (tertiary/aromatic N) is 3. The maximum atomic E-state index is 12.2. The highest BCUT2D eigenvalue weighted by Gasteiger charge is 2.23. The van der Waals surface area contributed by atoms with Gasteiger partial charge >= 0.3 is 0 Å². The summed E-state index contributed by atoms with van der Waals surface area (Å²) in [6.07, 6.45) is 4.24. The third-order valence-corrected chi connectivity index (χ3v) is 2.94. The van der Waals surface area contributed by atoms with Gasteiger partial charge in [-0.25, -0.2) is 0 Å². The molecule has 0 N–H and O–H groups in total. The fraction of sp³-hybridized carbons (Fsp3) is 0.538. The van der Waals surface area contributed by atoms with Gasteiger partial charge in [-0.3, -0.25) is 14.7 Å². The first kappa shape index (κ1) is 13.6.